The Labute approximate surface area is 152 Å². The van der Waals surface area contributed by atoms with Crippen molar-refractivity contribution in [2.45, 2.75) is 57.3 Å². The van der Waals surface area contributed by atoms with E-state index in [0.717, 1.165) is 30.7 Å². The summed E-state index contributed by atoms with van der Waals surface area (Å²) < 4.78 is 11.3. The molecule has 2 fully saturated rings. The molecular formula is C18H23Cl2NO3. The van der Waals surface area contributed by atoms with Crippen molar-refractivity contribution in [2.24, 2.45) is 0 Å². The van der Waals surface area contributed by atoms with E-state index in [2.05, 4.69) is 5.32 Å². The van der Waals surface area contributed by atoms with E-state index in [1.807, 2.05) is 26.0 Å². The number of carbonyl (C=O) groups is 1. The van der Waals surface area contributed by atoms with Crippen LogP contribution in [0.1, 0.15) is 44.2 Å². The van der Waals surface area contributed by atoms with Gasteiger partial charge >= 0.3 is 5.97 Å². The molecule has 2 atom stereocenters. The minimum absolute atomic E-state index is 0.0879. The number of fused-ring (bicyclic) bond motifs is 2. The largest absolute Gasteiger partial charge is 0.463 e. The molecule has 2 heterocycles. The maximum atomic E-state index is 11.7. The maximum Gasteiger partial charge on any atom is 0.306 e. The van der Waals surface area contributed by atoms with Crippen LogP contribution in [0.5, 0.6) is 0 Å². The zero-order valence-electron chi connectivity index (χ0n) is 14.0. The molecule has 0 spiro atoms. The number of carbonyl (C=O) groups excluding carboxylic acids is 1. The third kappa shape index (κ3) is 3.57. The molecule has 0 radical (unpaired) electrons. The predicted molar refractivity (Wildman–Crippen MR) is 94.7 cm³/mol. The van der Waals surface area contributed by atoms with Crippen molar-refractivity contribution in [1.82, 2.24) is 5.32 Å². The van der Waals surface area contributed by atoms with Crippen molar-refractivity contribution in [2.75, 3.05) is 13.2 Å². The Morgan fingerprint density at radius 2 is 2.25 bits per heavy atom. The summed E-state index contributed by atoms with van der Waals surface area (Å²) in [7, 11) is 0. The number of esters is 1. The Bertz CT molecular complexity index is 625. The molecule has 24 heavy (non-hydrogen) atoms. The lowest BCUT2D eigenvalue weighted by Crippen LogP contribution is -2.38. The zero-order chi connectivity index (χ0) is 17.3. The molecule has 0 aromatic heterocycles. The van der Waals surface area contributed by atoms with E-state index in [4.69, 9.17) is 32.7 Å². The van der Waals surface area contributed by atoms with Crippen molar-refractivity contribution in [3.05, 3.63) is 33.3 Å². The van der Waals surface area contributed by atoms with Crippen molar-refractivity contribution in [3.63, 3.8) is 0 Å². The number of hydrogen-bond donors (Lipinski definition) is 1. The third-order valence-electron chi connectivity index (χ3n) is 4.67. The fourth-order valence-corrected chi connectivity index (χ4v) is 4.05. The molecule has 132 valence electrons. The molecular weight excluding hydrogens is 349 g/mol. The number of rotatable bonds is 6. The van der Waals surface area contributed by atoms with E-state index in [1.165, 1.54) is 0 Å². The summed E-state index contributed by atoms with van der Waals surface area (Å²) in [6.07, 6.45) is 2.58. The molecule has 2 aliphatic rings. The second kappa shape index (κ2) is 7.20. The van der Waals surface area contributed by atoms with Gasteiger partial charge in [0.1, 0.15) is 5.60 Å². The van der Waals surface area contributed by atoms with Crippen molar-refractivity contribution in [3.8, 4) is 0 Å². The summed E-state index contributed by atoms with van der Waals surface area (Å²) in [6.45, 7) is 5.21. The fraction of sp³-hybridized carbons (Fsp3) is 0.611. The van der Waals surface area contributed by atoms with Crippen LogP contribution < -0.4 is 5.32 Å². The van der Waals surface area contributed by atoms with Crippen LogP contribution >= 0.6 is 23.2 Å². The second-order valence-corrected chi connectivity index (χ2v) is 7.65. The van der Waals surface area contributed by atoms with Crippen molar-refractivity contribution >= 4 is 29.2 Å². The van der Waals surface area contributed by atoms with Crippen LogP contribution in [0.15, 0.2) is 12.1 Å². The molecule has 2 bridgehead atoms. The summed E-state index contributed by atoms with van der Waals surface area (Å²) in [6, 6.07) is 4.26. The molecule has 2 saturated heterocycles. The van der Waals surface area contributed by atoms with Crippen LogP contribution in [-0.4, -0.2) is 31.3 Å². The molecule has 1 aromatic rings. The number of benzene rings is 1. The topological polar surface area (TPSA) is 47.6 Å². The van der Waals surface area contributed by atoms with Gasteiger partial charge in [-0.25, -0.2) is 0 Å². The molecule has 2 unspecified atom stereocenters. The van der Waals surface area contributed by atoms with Crippen LogP contribution in [0, 0.1) is 0 Å². The van der Waals surface area contributed by atoms with Crippen LogP contribution in [0.4, 0.5) is 0 Å². The lowest BCUT2D eigenvalue weighted by atomic mass is 9.87. The van der Waals surface area contributed by atoms with E-state index in [0.29, 0.717) is 35.3 Å². The van der Waals surface area contributed by atoms with E-state index in [9.17, 15) is 4.79 Å². The monoisotopic (exact) mass is 371 g/mol. The molecule has 4 nitrogen and oxygen atoms in total. The number of ether oxygens (including phenoxy) is 2. The first-order chi connectivity index (χ1) is 11.4. The molecule has 1 aromatic carbocycles. The first-order valence-corrected chi connectivity index (χ1v) is 9.21. The lowest BCUT2D eigenvalue weighted by Gasteiger charge is -2.30. The maximum absolute atomic E-state index is 11.7. The van der Waals surface area contributed by atoms with Gasteiger partial charge < -0.3 is 14.8 Å². The van der Waals surface area contributed by atoms with Gasteiger partial charge in [0, 0.05) is 19.0 Å². The van der Waals surface area contributed by atoms with Crippen molar-refractivity contribution < 1.29 is 14.3 Å². The van der Waals surface area contributed by atoms with Crippen molar-refractivity contribution in [1.29, 1.82) is 0 Å². The first-order valence-electron chi connectivity index (χ1n) is 8.45. The molecule has 3 rings (SSSR count). The van der Waals surface area contributed by atoms with Gasteiger partial charge in [0.25, 0.3) is 0 Å². The lowest BCUT2D eigenvalue weighted by molar-refractivity contribution is -0.147. The first kappa shape index (κ1) is 18.0. The van der Waals surface area contributed by atoms with Gasteiger partial charge in [0.05, 0.1) is 22.8 Å². The minimum atomic E-state index is -0.313. The van der Waals surface area contributed by atoms with E-state index in [-0.39, 0.29) is 17.7 Å². The fourth-order valence-electron chi connectivity index (χ4n) is 3.62. The van der Waals surface area contributed by atoms with Gasteiger partial charge in [-0.2, -0.15) is 0 Å². The summed E-state index contributed by atoms with van der Waals surface area (Å²) in [5.74, 6) is -0.178. The highest BCUT2D eigenvalue weighted by molar-refractivity contribution is 6.42. The summed E-state index contributed by atoms with van der Waals surface area (Å²) in [5.41, 5.74) is 1.78. The summed E-state index contributed by atoms with van der Waals surface area (Å²) >= 11 is 12.7. The highest BCUT2D eigenvalue weighted by Crippen LogP contribution is 2.44. The SMILES string of the molecule is CC(C)OC(=O)CCCc1c(C23CNC(CO2)C3)ccc(Cl)c1Cl. The second-order valence-electron chi connectivity index (χ2n) is 6.87. The Morgan fingerprint density at radius 3 is 2.83 bits per heavy atom. The Balaban J connectivity index is 1.76. The third-order valence-corrected chi connectivity index (χ3v) is 5.52. The standard InChI is InChI=1S/C18H23Cl2NO3/c1-11(2)24-16(22)5-3-4-13-14(6-7-15(19)17(13)20)18-8-12(9-23-18)21-10-18/h6-7,11-12,21H,3-5,8-10H2,1-2H3. The quantitative estimate of drug-likeness (QED) is 0.771. The van der Waals surface area contributed by atoms with Crippen LogP contribution in [-0.2, 0) is 26.3 Å². The van der Waals surface area contributed by atoms with Gasteiger partial charge in [-0.1, -0.05) is 29.3 Å². The molecule has 0 saturated carbocycles. The molecule has 0 aliphatic carbocycles. The van der Waals surface area contributed by atoms with Gasteiger partial charge in [-0.3, -0.25) is 4.79 Å². The van der Waals surface area contributed by atoms with Gasteiger partial charge in [-0.15, -0.1) is 0 Å². The zero-order valence-corrected chi connectivity index (χ0v) is 15.5. The Hall–Kier alpha value is -0.810. The van der Waals surface area contributed by atoms with E-state index < -0.39 is 0 Å². The Morgan fingerprint density at radius 1 is 1.46 bits per heavy atom. The van der Waals surface area contributed by atoms with Crippen LogP contribution in [0.25, 0.3) is 0 Å². The van der Waals surface area contributed by atoms with E-state index in [1.54, 1.807) is 0 Å². The average molecular weight is 372 g/mol. The number of halogens is 2. The smallest absolute Gasteiger partial charge is 0.306 e. The number of nitrogens with one attached hydrogen (secondary N) is 1. The normalized spacial score (nSPS) is 25.5. The van der Waals surface area contributed by atoms with Crippen LogP contribution in [0.2, 0.25) is 10.0 Å². The highest BCUT2D eigenvalue weighted by atomic mass is 35.5. The Kier molecular flexibility index (Phi) is 5.40. The van der Waals surface area contributed by atoms with Crippen LogP contribution in [0.3, 0.4) is 0 Å². The minimum Gasteiger partial charge on any atom is -0.463 e. The van der Waals surface area contributed by atoms with Gasteiger partial charge in [0.2, 0.25) is 0 Å². The molecule has 2 aliphatic heterocycles. The average Bonchev–Trinajstić information content (AvgIpc) is 3.12. The summed E-state index contributed by atoms with van der Waals surface area (Å²) in [5, 5.41) is 4.59. The summed E-state index contributed by atoms with van der Waals surface area (Å²) in [4.78, 5) is 11.7. The van der Waals surface area contributed by atoms with Gasteiger partial charge in [0.15, 0.2) is 0 Å². The predicted octanol–water partition coefficient (Wildman–Crippen LogP) is 3.86. The van der Waals surface area contributed by atoms with E-state index >= 15 is 0 Å². The van der Waals surface area contributed by atoms with Gasteiger partial charge in [-0.05, 0) is 50.3 Å². The molecule has 1 N–H and O–H groups in total. The number of morpholine rings is 1. The number of hydrogen-bond acceptors (Lipinski definition) is 4. The highest BCUT2D eigenvalue weighted by Gasteiger charge is 2.48. The molecule has 0 amide bonds. The molecule has 6 heteroatoms.